The van der Waals surface area contributed by atoms with E-state index in [0.29, 0.717) is 23.5 Å². The number of hydrogen-bond donors (Lipinski definition) is 1. The number of benzene rings is 2. The van der Waals surface area contributed by atoms with Gasteiger partial charge in [-0.2, -0.15) is 0 Å². The summed E-state index contributed by atoms with van der Waals surface area (Å²) in [5.41, 5.74) is 0. The van der Waals surface area contributed by atoms with Gasteiger partial charge in [0, 0.05) is 30.6 Å². The van der Waals surface area contributed by atoms with Crippen molar-refractivity contribution in [1.82, 2.24) is 9.62 Å². The SMILES string of the molecule is CC1CCCC(C)N1CCNS(=O)(=O)c1cccc2ccccc12.Cl. The van der Waals surface area contributed by atoms with Gasteiger partial charge in [-0.15, -0.1) is 12.4 Å². The van der Waals surface area contributed by atoms with E-state index in [0.717, 1.165) is 17.3 Å². The van der Waals surface area contributed by atoms with E-state index >= 15 is 0 Å². The zero-order valence-electron chi connectivity index (χ0n) is 14.8. The Kier molecular flexibility index (Phi) is 6.86. The number of piperidine rings is 1. The topological polar surface area (TPSA) is 49.4 Å². The number of halogens is 1. The minimum Gasteiger partial charge on any atom is -0.297 e. The molecule has 2 aromatic carbocycles. The summed E-state index contributed by atoms with van der Waals surface area (Å²) in [6.45, 7) is 5.66. The number of nitrogens with zero attached hydrogens (tertiary/aromatic N) is 1. The van der Waals surface area contributed by atoms with Crippen LogP contribution in [0.3, 0.4) is 0 Å². The van der Waals surface area contributed by atoms with Crippen LogP contribution >= 0.6 is 12.4 Å². The number of sulfonamides is 1. The average molecular weight is 383 g/mol. The summed E-state index contributed by atoms with van der Waals surface area (Å²) in [6.07, 6.45) is 3.65. The van der Waals surface area contributed by atoms with Gasteiger partial charge in [-0.1, -0.05) is 42.8 Å². The highest BCUT2D eigenvalue weighted by Crippen LogP contribution is 2.23. The van der Waals surface area contributed by atoms with Crippen molar-refractivity contribution < 1.29 is 8.42 Å². The molecule has 1 saturated heterocycles. The van der Waals surface area contributed by atoms with Crippen LogP contribution < -0.4 is 4.72 Å². The maximum atomic E-state index is 12.7. The molecule has 138 valence electrons. The smallest absolute Gasteiger partial charge is 0.241 e. The van der Waals surface area contributed by atoms with Crippen molar-refractivity contribution in [3.05, 3.63) is 42.5 Å². The van der Waals surface area contributed by atoms with E-state index in [-0.39, 0.29) is 12.4 Å². The van der Waals surface area contributed by atoms with Crippen molar-refractivity contribution in [2.45, 2.75) is 50.1 Å². The molecule has 0 aromatic heterocycles. The fraction of sp³-hybridized carbons (Fsp3) is 0.474. The van der Waals surface area contributed by atoms with Crippen molar-refractivity contribution >= 4 is 33.2 Å². The lowest BCUT2D eigenvalue weighted by molar-refractivity contribution is 0.106. The minimum atomic E-state index is -3.50. The van der Waals surface area contributed by atoms with Crippen molar-refractivity contribution in [3.63, 3.8) is 0 Å². The Balaban J connectivity index is 0.00000225. The molecule has 0 aliphatic carbocycles. The number of likely N-dealkylation sites (tertiary alicyclic amines) is 1. The van der Waals surface area contributed by atoms with Gasteiger partial charge < -0.3 is 0 Å². The van der Waals surface area contributed by atoms with Gasteiger partial charge in [0.2, 0.25) is 10.0 Å². The summed E-state index contributed by atoms with van der Waals surface area (Å²) in [4.78, 5) is 2.77. The van der Waals surface area contributed by atoms with E-state index in [4.69, 9.17) is 0 Å². The number of nitrogens with one attached hydrogen (secondary N) is 1. The van der Waals surface area contributed by atoms with Crippen LogP contribution in [-0.2, 0) is 10.0 Å². The van der Waals surface area contributed by atoms with Crippen LogP contribution in [0.5, 0.6) is 0 Å². The summed E-state index contributed by atoms with van der Waals surface area (Å²) < 4.78 is 28.2. The summed E-state index contributed by atoms with van der Waals surface area (Å²) in [6, 6.07) is 14.0. The first-order chi connectivity index (χ1) is 11.5. The first-order valence-electron chi connectivity index (χ1n) is 8.72. The highest BCUT2D eigenvalue weighted by atomic mass is 35.5. The van der Waals surface area contributed by atoms with Crippen molar-refractivity contribution in [3.8, 4) is 0 Å². The normalized spacial score (nSPS) is 21.8. The summed E-state index contributed by atoms with van der Waals surface area (Å²) in [5.74, 6) is 0. The van der Waals surface area contributed by atoms with Crippen LogP contribution in [0.25, 0.3) is 10.8 Å². The summed E-state index contributed by atoms with van der Waals surface area (Å²) in [7, 11) is -3.50. The Morgan fingerprint density at radius 2 is 1.68 bits per heavy atom. The lowest BCUT2D eigenvalue weighted by Crippen LogP contribution is -2.47. The van der Waals surface area contributed by atoms with Gasteiger partial charge in [-0.05, 0) is 38.1 Å². The maximum absolute atomic E-state index is 12.7. The molecule has 3 rings (SSSR count). The minimum absolute atomic E-state index is 0. The van der Waals surface area contributed by atoms with E-state index < -0.39 is 10.0 Å². The molecule has 0 amide bonds. The first kappa shape index (κ1) is 20.2. The van der Waals surface area contributed by atoms with Crippen LogP contribution in [0.15, 0.2) is 47.4 Å². The molecule has 1 heterocycles. The van der Waals surface area contributed by atoms with Crippen molar-refractivity contribution in [2.24, 2.45) is 0 Å². The van der Waals surface area contributed by atoms with E-state index in [1.165, 1.54) is 19.3 Å². The predicted octanol–water partition coefficient (Wildman–Crippen LogP) is 3.80. The van der Waals surface area contributed by atoms with Gasteiger partial charge in [-0.3, -0.25) is 4.90 Å². The molecule has 0 bridgehead atoms. The third-order valence-corrected chi connectivity index (χ3v) is 6.60. The molecule has 1 aliphatic rings. The Morgan fingerprint density at radius 3 is 2.40 bits per heavy atom. The molecule has 2 unspecified atom stereocenters. The molecular formula is C19H27ClN2O2S. The Hall–Kier alpha value is -1.14. The Morgan fingerprint density at radius 1 is 1.04 bits per heavy atom. The third kappa shape index (κ3) is 4.53. The van der Waals surface area contributed by atoms with E-state index in [1.54, 1.807) is 12.1 Å². The highest BCUT2D eigenvalue weighted by Gasteiger charge is 2.25. The van der Waals surface area contributed by atoms with Crippen LogP contribution in [0.4, 0.5) is 0 Å². The van der Waals surface area contributed by atoms with Crippen LogP contribution in [-0.4, -0.2) is 38.5 Å². The van der Waals surface area contributed by atoms with Gasteiger partial charge in [0.05, 0.1) is 4.90 Å². The maximum Gasteiger partial charge on any atom is 0.241 e. The number of hydrogen-bond acceptors (Lipinski definition) is 3. The van der Waals surface area contributed by atoms with Crippen molar-refractivity contribution in [1.29, 1.82) is 0 Å². The summed E-state index contributed by atoms with van der Waals surface area (Å²) in [5, 5.41) is 1.71. The fourth-order valence-corrected chi connectivity index (χ4v) is 4.98. The lowest BCUT2D eigenvalue weighted by Gasteiger charge is -2.39. The molecule has 1 fully saturated rings. The van der Waals surface area contributed by atoms with E-state index in [9.17, 15) is 8.42 Å². The molecular weight excluding hydrogens is 356 g/mol. The number of fused-ring (bicyclic) bond motifs is 1. The molecule has 4 nitrogen and oxygen atoms in total. The van der Waals surface area contributed by atoms with Gasteiger partial charge in [0.25, 0.3) is 0 Å². The standard InChI is InChI=1S/C19H26N2O2S.ClH/c1-15-7-5-8-16(2)21(15)14-13-20-24(22,23)19-12-6-10-17-9-3-4-11-18(17)19;/h3-4,6,9-12,15-16,20H,5,7-8,13-14H2,1-2H3;1H. The Labute approximate surface area is 157 Å². The molecule has 1 N–H and O–H groups in total. The molecule has 25 heavy (non-hydrogen) atoms. The van der Waals surface area contributed by atoms with Crippen molar-refractivity contribution in [2.75, 3.05) is 13.1 Å². The van der Waals surface area contributed by atoms with E-state index in [1.807, 2.05) is 30.3 Å². The molecule has 0 radical (unpaired) electrons. The van der Waals surface area contributed by atoms with Crippen LogP contribution in [0.1, 0.15) is 33.1 Å². The molecule has 2 aromatic rings. The Bertz CT molecular complexity index is 795. The quantitative estimate of drug-likeness (QED) is 0.855. The van der Waals surface area contributed by atoms with Crippen LogP contribution in [0, 0.1) is 0 Å². The average Bonchev–Trinajstić information content (AvgIpc) is 2.57. The second-order valence-corrected chi connectivity index (χ2v) is 8.48. The molecule has 0 saturated carbocycles. The number of rotatable bonds is 5. The van der Waals surface area contributed by atoms with E-state index in [2.05, 4.69) is 23.5 Å². The summed E-state index contributed by atoms with van der Waals surface area (Å²) >= 11 is 0. The molecule has 6 heteroatoms. The zero-order chi connectivity index (χ0) is 17.2. The predicted molar refractivity (Wildman–Crippen MR) is 106 cm³/mol. The molecule has 0 spiro atoms. The molecule has 1 aliphatic heterocycles. The molecule has 2 atom stereocenters. The van der Waals surface area contributed by atoms with Gasteiger partial charge in [0.1, 0.15) is 0 Å². The van der Waals surface area contributed by atoms with Gasteiger partial charge in [0.15, 0.2) is 0 Å². The lowest BCUT2D eigenvalue weighted by atomic mass is 9.98. The third-order valence-electron chi connectivity index (χ3n) is 5.08. The van der Waals surface area contributed by atoms with Crippen LogP contribution in [0.2, 0.25) is 0 Å². The fourth-order valence-electron chi connectivity index (χ4n) is 3.73. The monoisotopic (exact) mass is 382 g/mol. The highest BCUT2D eigenvalue weighted by molar-refractivity contribution is 7.89. The van der Waals surface area contributed by atoms with Gasteiger partial charge >= 0.3 is 0 Å². The van der Waals surface area contributed by atoms with Gasteiger partial charge in [-0.25, -0.2) is 13.1 Å². The second kappa shape index (κ2) is 8.49. The zero-order valence-corrected chi connectivity index (χ0v) is 16.4. The second-order valence-electron chi connectivity index (χ2n) is 6.74. The largest absolute Gasteiger partial charge is 0.297 e. The first-order valence-corrected chi connectivity index (χ1v) is 10.2.